The second-order valence-electron chi connectivity index (χ2n) is 23.0. The first-order valence-corrected chi connectivity index (χ1v) is 30.5. The smallest absolute Gasteiger partial charge is 0.0623 e. The predicted molar refractivity (Wildman–Crippen MR) is 388 cm³/mol. The largest absolute Gasteiger partial charge is 0.310 e. The van der Waals surface area contributed by atoms with Gasteiger partial charge in [-0.1, -0.05) is 280 Å². The van der Waals surface area contributed by atoms with Gasteiger partial charge in [0.25, 0.3) is 0 Å². The SMILES string of the molecule is [2H]C([2H])=C([2H])c1ccc(-c2ccc(N(c3ccc(-c4ccc(N(c5ccc6c7ccccc7c7ccccc7c6c5)c5ccc(-c6ccc(C([2H])=C([2H])[2H])cc6)cc5-c5ccccc5)cc4)cc3)c3ccc4c5ccccc5c5ccccc5c4c3)c(-c3ccccc3)c2)cc1. The Labute approximate surface area is 533 Å². The van der Waals surface area contributed by atoms with E-state index < -0.39 is 13.1 Å². The van der Waals surface area contributed by atoms with Crippen molar-refractivity contribution in [3.05, 3.63) is 352 Å². The topological polar surface area (TPSA) is 6.48 Å². The lowest BCUT2D eigenvalue weighted by molar-refractivity contribution is 1.28. The summed E-state index contributed by atoms with van der Waals surface area (Å²) in [6.45, 7) is -1.04. The summed E-state index contributed by atoms with van der Waals surface area (Å²) in [6, 6.07) is 116. The van der Waals surface area contributed by atoms with Crippen LogP contribution in [0.1, 0.15) is 19.4 Å². The zero-order valence-electron chi connectivity index (χ0n) is 55.1. The van der Waals surface area contributed by atoms with E-state index >= 15 is 0 Å². The van der Waals surface area contributed by atoms with E-state index in [1.165, 1.54) is 53.9 Å². The molecule has 0 saturated carbocycles. The molecule has 422 valence electrons. The zero-order valence-corrected chi connectivity index (χ0v) is 49.1. The van der Waals surface area contributed by atoms with E-state index in [1.54, 1.807) is 0 Å². The van der Waals surface area contributed by atoms with Gasteiger partial charge in [-0.25, -0.2) is 0 Å². The molecule has 0 fully saturated rings. The number of hydrogen-bond donors (Lipinski definition) is 0. The Balaban J connectivity index is 0.837. The molecule has 0 atom stereocenters. The first kappa shape index (κ1) is 47.3. The van der Waals surface area contributed by atoms with E-state index in [1.807, 2.05) is 60.7 Å². The summed E-state index contributed by atoms with van der Waals surface area (Å²) in [5.74, 6) is 0. The van der Waals surface area contributed by atoms with Gasteiger partial charge in [0.15, 0.2) is 0 Å². The molecule has 90 heavy (non-hydrogen) atoms. The van der Waals surface area contributed by atoms with Crippen LogP contribution >= 0.6 is 0 Å². The molecule has 2 nitrogen and oxygen atoms in total. The molecule has 0 aliphatic carbocycles. The van der Waals surface area contributed by atoms with Gasteiger partial charge >= 0.3 is 0 Å². The molecule has 0 aliphatic rings. The lowest BCUT2D eigenvalue weighted by Crippen LogP contribution is -2.12. The quantitative estimate of drug-likeness (QED) is 0.106. The van der Waals surface area contributed by atoms with E-state index in [0.29, 0.717) is 11.1 Å². The Morgan fingerprint density at radius 1 is 0.222 bits per heavy atom. The summed E-state index contributed by atoms with van der Waals surface area (Å²) < 4.78 is 47.8. The first-order valence-electron chi connectivity index (χ1n) is 33.5. The van der Waals surface area contributed by atoms with Crippen LogP contribution in [0.15, 0.2) is 341 Å². The molecule has 0 amide bonds. The van der Waals surface area contributed by atoms with Crippen LogP contribution in [0.25, 0.3) is 132 Å². The third kappa shape index (κ3) is 9.56. The van der Waals surface area contributed by atoms with Crippen LogP contribution < -0.4 is 9.80 Å². The van der Waals surface area contributed by atoms with Crippen LogP contribution in [0.4, 0.5) is 34.1 Å². The van der Waals surface area contributed by atoms with Crippen molar-refractivity contribution in [3.63, 3.8) is 0 Å². The van der Waals surface area contributed by atoms with Crippen LogP contribution in [0.5, 0.6) is 0 Å². The second kappa shape index (κ2) is 22.8. The molecule has 16 rings (SSSR count). The van der Waals surface area contributed by atoms with Crippen LogP contribution in [-0.4, -0.2) is 0 Å². The van der Waals surface area contributed by atoms with Crippen LogP contribution in [0.3, 0.4) is 0 Å². The Hall–Kier alpha value is -11.8. The maximum Gasteiger partial charge on any atom is 0.0623 e. The minimum atomic E-state index is -0.518. The fraction of sp³-hybridized carbons (Fsp3) is 0. The second-order valence-corrected chi connectivity index (χ2v) is 23.0. The number of hydrogen-bond acceptors (Lipinski definition) is 2. The number of rotatable bonds is 13. The van der Waals surface area contributed by atoms with Crippen molar-refractivity contribution in [2.75, 3.05) is 9.80 Å². The average molecular weight is 1150 g/mol. The molecule has 0 radical (unpaired) electrons. The van der Waals surface area contributed by atoms with Gasteiger partial charge in [-0.05, 0) is 193 Å². The highest BCUT2D eigenvalue weighted by Gasteiger charge is 2.23. The average Bonchev–Trinajstić information content (AvgIpc) is 0.782. The standard InChI is InChI=1S/C88H60N2/c1-3-59-31-35-63(36-32-59)67-43-53-87(83(55-67)65-19-7-5-8-20-65)89(71-49-51-81-77-27-13-11-23-73(77)75-25-15-17-29-79(75)85(81)57-71)69-45-39-61(40-46-69)62-41-47-70(48-42-62)90(72-50-52-82-78-28-14-12-24-74(78)76-26-16-18-30-80(76)86(82)58-72)88-54-44-68(64-37-33-60(4-2)34-38-64)56-84(88)66-21-9-6-10-22-66/h3-58H,1-2H2/i1D2,2D2,3D,4D. The molecule has 16 aromatic carbocycles. The van der Waals surface area contributed by atoms with E-state index in [9.17, 15) is 0 Å². The highest BCUT2D eigenvalue weighted by molar-refractivity contribution is 6.27. The van der Waals surface area contributed by atoms with Gasteiger partial charge < -0.3 is 9.80 Å². The fourth-order valence-electron chi connectivity index (χ4n) is 13.5. The molecule has 0 aliphatic heterocycles. The van der Waals surface area contributed by atoms with Gasteiger partial charge in [0.2, 0.25) is 0 Å². The summed E-state index contributed by atoms with van der Waals surface area (Å²) >= 11 is 0. The number of fused-ring (bicyclic) bond motifs is 12. The maximum atomic E-state index is 8.33. The first-order chi connectivity index (χ1) is 47.1. The summed E-state index contributed by atoms with van der Waals surface area (Å²) in [5, 5.41) is 14.4. The maximum absolute atomic E-state index is 8.33. The van der Waals surface area contributed by atoms with Crippen molar-refractivity contribution in [1.29, 1.82) is 0 Å². The molecule has 0 heterocycles. The minimum Gasteiger partial charge on any atom is -0.310 e. The molecular formula is C88H60N2. The van der Waals surface area contributed by atoms with Crippen LogP contribution in [0, 0.1) is 0 Å². The summed E-state index contributed by atoms with van der Waals surface area (Å²) in [6.07, 6.45) is 0. The van der Waals surface area contributed by atoms with Crippen molar-refractivity contribution in [3.8, 4) is 55.6 Å². The number of benzene rings is 16. The zero-order chi connectivity index (χ0) is 65.0. The van der Waals surface area contributed by atoms with Gasteiger partial charge in [-0.3, -0.25) is 0 Å². The predicted octanol–water partition coefficient (Wildman–Crippen LogP) is 25.2. The van der Waals surface area contributed by atoms with Gasteiger partial charge in [0, 0.05) is 33.9 Å². The molecule has 2 heteroatoms. The number of nitrogens with zero attached hydrogens (tertiary/aromatic N) is 2. The van der Waals surface area contributed by atoms with E-state index in [4.69, 9.17) is 8.22 Å². The minimum absolute atomic E-state index is 0.115. The molecule has 0 N–H and O–H groups in total. The van der Waals surface area contributed by atoms with E-state index in [2.05, 4.69) is 277 Å². The Kier molecular flexibility index (Phi) is 12.0. The molecule has 0 bridgehead atoms. The lowest BCUT2D eigenvalue weighted by atomic mass is 9.93. The van der Waals surface area contributed by atoms with Crippen LogP contribution in [-0.2, 0) is 0 Å². The summed E-state index contributed by atoms with van der Waals surface area (Å²) in [7, 11) is 0. The molecule has 16 aromatic rings. The monoisotopic (exact) mass is 1150 g/mol. The molecule has 0 unspecified atom stereocenters. The normalized spacial score (nSPS) is 12.3. The van der Waals surface area contributed by atoms with E-state index in [0.717, 1.165) is 101 Å². The summed E-state index contributed by atoms with van der Waals surface area (Å²) in [4.78, 5) is 4.76. The van der Waals surface area contributed by atoms with Gasteiger partial charge in [0.1, 0.15) is 0 Å². The Morgan fingerprint density at radius 3 is 0.822 bits per heavy atom. The third-order valence-electron chi connectivity index (χ3n) is 17.9. The summed E-state index contributed by atoms with van der Waals surface area (Å²) in [5.41, 5.74) is 17.2. The van der Waals surface area contributed by atoms with E-state index in [-0.39, 0.29) is 12.1 Å². The number of anilines is 6. The van der Waals surface area contributed by atoms with Gasteiger partial charge in [-0.2, -0.15) is 0 Å². The fourth-order valence-corrected chi connectivity index (χ4v) is 13.5. The van der Waals surface area contributed by atoms with Crippen molar-refractivity contribution >= 4 is 111 Å². The third-order valence-corrected chi connectivity index (χ3v) is 17.9. The van der Waals surface area contributed by atoms with Crippen molar-refractivity contribution in [2.24, 2.45) is 0 Å². The lowest BCUT2D eigenvalue weighted by Gasteiger charge is -2.29. The van der Waals surface area contributed by atoms with Crippen molar-refractivity contribution in [1.82, 2.24) is 0 Å². The highest BCUT2D eigenvalue weighted by Crippen LogP contribution is 2.48. The van der Waals surface area contributed by atoms with Gasteiger partial charge in [-0.15, -0.1) is 0 Å². The molecule has 0 saturated heterocycles. The molecule has 0 aromatic heterocycles. The molecular weight excluding hydrogens is 1080 g/mol. The Morgan fingerprint density at radius 2 is 0.489 bits per heavy atom. The molecule has 0 spiro atoms. The Bertz CT molecular complexity index is 5320. The highest BCUT2D eigenvalue weighted by atomic mass is 15.2. The van der Waals surface area contributed by atoms with Gasteiger partial charge in [0.05, 0.1) is 19.6 Å². The van der Waals surface area contributed by atoms with Crippen LogP contribution in [0.2, 0.25) is 0 Å². The van der Waals surface area contributed by atoms with Crippen molar-refractivity contribution < 1.29 is 8.22 Å². The van der Waals surface area contributed by atoms with Crippen molar-refractivity contribution in [2.45, 2.75) is 0 Å².